The van der Waals surface area contributed by atoms with E-state index in [4.69, 9.17) is 0 Å². The lowest BCUT2D eigenvalue weighted by atomic mass is 9.91. The second-order valence-corrected chi connectivity index (χ2v) is 6.42. The number of para-hydroxylation sites is 1. The largest absolute Gasteiger partial charge is 0.460 e. The van der Waals surface area contributed by atoms with Crippen LogP contribution in [0.3, 0.4) is 0 Å². The smallest absolute Gasteiger partial charge is 0.342 e. The molecule has 0 radical (unpaired) electrons. The molecule has 1 aromatic carbocycles. The molecule has 0 fully saturated rings. The third kappa shape index (κ3) is 2.77. The number of nitrogens with zero attached hydrogens (tertiary/aromatic N) is 1. The zero-order valence-corrected chi connectivity index (χ0v) is 14.7. The van der Waals surface area contributed by atoms with Crippen LogP contribution in [0.15, 0.2) is 24.3 Å². The fourth-order valence-electron chi connectivity index (χ4n) is 2.95. The molecule has 0 atom stereocenters. The fourth-order valence-corrected chi connectivity index (χ4v) is 2.95. The Bertz CT molecular complexity index is 913. The van der Waals surface area contributed by atoms with E-state index in [1.165, 1.54) is 12.1 Å². The molecule has 30 heavy (non-hydrogen) atoms. The van der Waals surface area contributed by atoms with Gasteiger partial charge in [-0.05, 0) is 18.6 Å². The maximum Gasteiger partial charge on any atom is 0.460 e. The molecule has 0 unspecified atom stereocenters. The van der Waals surface area contributed by atoms with Gasteiger partial charge in [-0.25, -0.2) is 0 Å². The Morgan fingerprint density at radius 1 is 0.633 bits per heavy atom. The van der Waals surface area contributed by atoms with Crippen LogP contribution in [0.4, 0.5) is 57.1 Å². The van der Waals surface area contributed by atoms with E-state index in [1.807, 2.05) is 0 Å². The van der Waals surface area contributed by atoms with Crippen LogP contribution in [0.2, 0.25) is 0 Å². The minimum atomic E-state index is -7.91. The summed E-state index contributed by atoms with van der Waals surface area (Å²) < 4.78 is 174. The standard InChI is InChI=1S/C16H10F13N/c1-7-8-5-3-4-6-9(8)30(2)10(7)11(17,18)12(19,20)13(21,22)14(23,24)15(25,26)16(27,28)29/h3-6H,1-2H3. The van der Waals surface area contributed by atoms with Crippen molar-refractivity contribution in [2.75, 3.05) is 0 Å². The maximum atomic E-state index is 14.5. The van der Waals surface area contributed by atoms with E-state index in [9.17, 15) is 57.1 Å². The first kappa shape index (κ1) is 24.1. The lowest BCUT2D eigenvalue weighted by Crippen LogP contribution is -2.69. The van der Waals surface area contributed by atoms with Crippen molar-refractivity contribution in [3.8, 4) is 0 Å². The minimum Gasteiger partial charge on any atom is -0.342 e. The van der Waals surface area contributed by atoms with Crippen molar-refractivity contribution in [3.63, 3.8) is 0 Å². The number of halogens is 13. The quantitative estimate of drug-likeness (QED) is 0.436. The summed E-state index contributed by atoms with van der Waals surface area (Å²) in [6.45, 7) is 0.738. The Kier molecular flexibility index (Phi) is 5.17. The number of rotatable bonds is 5. The molecule has 0 bridgehead atoms. The summed E-state index contributed by atoms with van der Waals surface area (Å²) in [7, 11) is 0.676. The van der Waals surface area contributed by atoms with Gasteiger partial charge in [-0.2, -0.15) is 57.1 Å². The zero-order valence-electron chi connectivity index (χ0n) is 14.7. The van der Waals surface area contributed by atoms with Gasteiger partial charge in [0.05, 0.1) is 5.69 Å². The lowest BCUT2D eigenvalue weighted by Gasteiger charge is -2.40. The number of fused-ring (bicyclic) bond motifs is 1. The molecule has 0 spiro atoms. The summed E-state index contributed by atoms with van der Waals surface area (Å²) in [6.07, 6.45) is -7.43. The molecule has 1 nitrogen and oxygen atoms in total. The van der Waals surface area contributed by atoms with E-state index in [1.54, 1.807) is 0 Å². The molecule has 14 heteroatoms. The highest BCUT2D eigenvalue weighted by molar-refractivity contribution is 5.85. The maximum absolute atomic E-state index is 14.5. The van der Waals surface area contributed by atoms with E-state index < -0.39 is 47.0 Å². The van der Waals surface area contributed by atoms with E-state index >= 15 is 0 Å². The Hall–Kier alpha value is -2.15. The molecule has 2 rings (SSSR count). The predicted molar refractivity (Wildman–Crippen MR) is 77.4 cm³/mol. The van der Waals surface area contributed by atoms with Gasteiger partial charge in [0.25, 0.3) is 0 Å². The summed E-state index contributed by atoms with van der Waals surface area (Å²) >= 11 is 0. The SMILES string of the molecule is Cc1c(C(F)(F)C(F)(F)C(F)(F)C(F)(F)C(F)(F)C(F)(F)F)n(C)c2ccccc12. The van der Waals surface area contributed by atoms with Crippen molar-refractivity contribution in [1.29, 1.82) is 0 Å². The third-order valence-corrected chi connectivity index (χ3v) is 4.59. The second-order valence-electron chi connectivity index (χ2n) is 6.42. The predicted octanol–water partition coefficient (Wildman–Crippen LogP) is 6.68. The molecule has 0 saturated carbocycles. The van der Waals surface area contributed by atoms with E-state index in [2.05, 4.69) is 0 Å². The minimum absolute atomic E-state index is 0.193. The van der Waals surface area contributed by atoms with E-state index in [0.717, 1.165) is 19.1 Å². The molecule has 2 aromatic rings. The molecule has 0 aliphatic heterocycles. The van der Waals surface area contributed by atoms with Crippen molar-refractivity contribution >= 4 is 10.9 Å². The van der Waals surface area contributed by atoms with Gasteiger partial charge in [-0.1, -0.05) is 18.2 Å². The zero-order chi connectivity index (χ0) is 23.7. The molecule has 1 aromatic heterocycles. The van der Waals surface area contributed by atoms with Gasteiger partial charge >= 0.3 is 35.8 Å². The van der Waals surface area contributed by atoms with Crippen LogP contribution in [0.1, 0.15) is 11.3 Å². The average molecular weight is 463 g/mol. The number of hydrogen-bond acceptors (Lipinski definition) is 0. The summed E-state index contributed by atoms with van der Waals surface area (Å²) in [6, 6.07) is 4.63. The highest BCUT2D eigenvalue weighted by Crippen LogP contribution is 2.62. The van der Waals surface area contributed by atoms with Crippen LogP contribution in [-0.2, 0) is 13.0 Å². The Morgan fingerprint density at radius 3 is 1.50 bits per heavy atom. The number of benzene rings is 1. The lowest BCUT2D eigenvalue weighted by molar-refractivity contribution is -0.442. The van der Waals surface area contributed by atoms with Gasteiger partial charge in [0, 0.05) is 18.0 Å². The van der Waals surface area contributed by atoms with Gasteiger partial charge in [0.1, 0.15) is 0 Å². The summed E-state index contributed by atoms with van der Waals surface area (Å²) in [5, 5.41) is -0.193. The van der Waals surface area contributed by atoms with Crippen LogP contribution in [-0.4, -0.2) is 34.4 Å². The normalized spacial score (nSPS) is 15.2. The van der Waals surface area contributed by atoms with Gasteiger partial charge in [-0.3, -0.25) is 0 Å². The summed E-state index contributed by atoms with van der Waals surface area (Å²) in [5.74, 6) is -37.1. The van der Waals surface area contributed by atoms with E-state index in [-0.39, 0.29) is 15.5 Å². The summed E-state index contributed by atoms with van der Waals surface area (Å²) in [5.41, 5.74) is -2.99. The molecular weight excluding hydrogens is 453 g/mol. The van der Waals surface area contributed by atoms with Gasteiger partial charge < -0.3 is 4.57 Å². The van der Waals surface area contributed by atoms with Crippen LogP contribution in [0.5, 0.6) is 0 Å². The summed E-state index contributed by atoms with van der Waals surface area (Å²) in [4.78, 5) is 0. The number of alkyl halides is 13. The fraction of sp³-hybridized carbons (Fsp3) is 0.500. The Morgan fingerprint density at radius 2 is 1.07 bits per heavy atom. The number of aryl methyl sites for hydroxylation is 2. The van der Waals surface area contributed by atoms with E-state index in [0.29, 0.717) is 7.05 Å². The second kappa shape index (κ2) is 6.42. The molecule has 0 N–H and O–H groups in total. The van der Waals surface area contributed by atoms with Crippen molar-refractivity contribution < 1.29 is 57.1 Å². The topological polar surface area (TPSA) is 4.93 Å². The number of aromatic nitrogens is 1. The first-order valence-corrected chi connectivity index (χ1v) is 7.68. The molecule has 0 amide bonds. The highest BCUT2D eigenvalue weighted by atomic mass is 19.4. The first-order valence-electron chi connectivity index (χ1n) is 7.68. The van der Waals surface area contributed by atoms with Crippen LogP contribution >= 0.6 is 0 Å². The van der Waals surface area contributed by atoms with Gasteiger partial charge in [-0.15, -0.1) is 0 Å². The number of hydrogen-bond donors (Lipinski definition) is 0. The van der Waals surface area contributed by atoms with Crippen molar-refractivity contribution in [2.24, 2.45) is 7.05 Å². The van der Waals surface area contributed by atoms with Gasteiger partial charge in [0.2, 0.25) is 0 Å². The van der Waals surface area contributed by atoms with Crippen molar-refractivity contribution in [1.82, 2.24) is 4.57 Å². The Labute approximate surface area is 159 Å². The molecular formula is C16H10F13N. The highest BCUT2D eigenvalue weighted by Gasteiger charge is 2.91. The molecule has 0 saturated heterocycles. The van der Waals surface area contributed by atoms with Gasteiger partial charge in [0.15, 0.2) is 0 Å². The Balaban J connectivity index is 2.76. The van der Waals surface area contributed by atoms with Crippen molar-refractivity contribution in [3.05, 3.63) is 35.5 Å². The van der Waals surface area contributed by atoms with Crippen LogP contribution < -0.4 is 0 Å². The molecule has 0 aliphatic carbocycles. The molecule has 0 aliphatic rings. The third-order valence-electron chi connectivity index (χ3n) is 4.59. The van der Waals surface area contributed by atoms with Crippen molar-refractivity contribution in [2.45, 2.75) is 42.7 Å². The van der Waals surface area contributed by atoms with Crippen LogP contribution in [0, 0.1) is 6.92 Å². The molecule has 170 valence electrons. The van der Waals surface area contributed by atoms with Crippen LogP contribution in [0.25, 0.3) is 10.9 Å². The first-order chi connectivity index (χ1) is 13.2. The monoisotopic (exact) mass is 463 g/mol. The average Bonchev–Trinajstić information content (AvgIpc) is 2.85. The molecule has 1 heterocycles.